The number of hydrogen-bond acceptors (Lipinski definition) is 1. The van der Waals surface area contributed by atoms with Crippen molar-refractivity contribution in [1.29, 1.82) is 0 Å². The fraction of sp³-hybridized carbons (Fsp3) is 0.235. The maximum Gasteiger partial charge on any atom is 0.193 e. The molecule has 3 heteroatoms. The fourth-order valence-electron chi connectivity index (χ4n) is 2.45. The van der Waals surface area contributed by atoms with Crippen LogP contribution in [-0.4, -0.2) is 5.78 Å². The van der Waals surface area contributed by atoms with E-state index in [0.29, 0.717) is 35.1 Å². The summed E-state index contributed by atoms with van der Waals surface area (Å²) < 4.78 is 27.4. The van der Waals surface area contributed by atoms with E-state index >= 15 is 0 Å². The Morgan fingerprint density at radius 1 is 0.800 bits per heavy atom. The normalized spacial score (nSPS) is 12.7. The minimum atomic E-state index is -0.394. The smallest absolute Gasteiger partial charge is 0.193 e. The minimum absolute atomic E-state index is 0.295. The van der Waals surface area contributed by atoms with E-state index in [4.69, 9.17) is 0 Å². The number of halogens is 2. The molecular weight excluding hydrogens is 258 g/mol. The molecule has 20 heavy (non-hydrogen) atoms. The summed E-state index contributed by atoms with van der Waals surface area (Å²) in [5.41, 5.74) is 1.47. The predicted octanol–water partition coefficient (Wildman–Crippen LogP) is 4.32. The number of fused-ring (bicyclic) bond motifs is 2. The third-order valence-electron chi connectivity index (χ3n) is 3.35. The van der Waals surface area contributed by atoms with Crippen LogP contribution >= 0.6 is 0 Å². The second-order valence-corrected chi connectivity index (χ2v) is 4.36. The van der Waals surface area contributed by atoms with Crippen LogP contribution in [-0.2, 0) is 12.8 Å². The van der Waals surface area contributed by atoms with Gasteiger partial charge in [0.15, 0.2) is 5.78 Å². The molecule has 0 amide bonds. The lowest BCUT2D eigenvalue weighted by atomic mass is 9.98. The molecule has 0 N–H and O–H groups in total. The molecule has 0 unspecified atom stereocenters. The molecule has 0 saturated heterocycles. The Balaban J connectivity index is 0.000000704. The highest BCUT2D eigenvalue weighted by atomic mass is 19.1. The Morgan fingerprint density at radius 3 is 1.60 bits per heavy atom. The molecule has 1 aliphatic rings. The van der Waals surface area contributed by atoms with Gasteiger partial charge in [-0.25, -0.2) is 8.78 Å². The van der Waals surface area contributed by atoms with Gasteiger partial charge < -0.3 is 0 Å². The van der Waals surface area contributed by atoms with Gasteiger partial charge in [-0.2, -0.15) is 0 Å². The molecule has 1 nitrogen and oxygen atoms in total. The second kappa shape index (κ2) is 5.95. The van der Waals surface area contributed by atoms with Gasteiger partial charge in [0.1, 0.15) is 11.6 Å². The minimum Gasteiger partial charge on any atom is -0.289 e. The van der Waals surface area contributed by atoms with Crippen LogP contribution in [0.3, 0.4) is 0 Å². The summed E-state index contributed by atoms with van der Waals surface area (Å²) in [5.74, 6) is -1.08. The highest BCUT2D eigenvalue weighted by Gasteiger charge is 2.24. The lowest BCUT2D eigenvalue weighted by Crippen LogP contribution is -2.05. The first-order valence-corrected chi connectivity index (χ1v) is 6.78. The molecule has 2 aromatic rings. The summed E-state index contributed by atoms with van der Waals surface area (Å²) in [7, 11) is 0. The number of ketones is 1. The summed E-state index contributed by atoms with van der Waals surface area (Å²) in [4.78, 5) is 12.3. The van der Waals surface area contributed by atoms with Crippen LogP contribution in [0.5, 0.6) is 0 Å². The topological polar surface area (TPSA) is 17.1 Å². The molecule has 1 aliphatic carbocycles. The van der Waals surface area contributed by atoms with Gasteiger partial charge in [0, 0.05) is 11.1 Å². The van der Waals surface area contributed by atoms with E-state index in [1.165, 1.54) is 24.3 Å². The van der Waals surface area contributed by atoms with E-state index in [0.717, 1.165) is 0 Å². The third-order valence-corrected chi connectivity index (χ3v) is 3.35. The molecule has 0 fully saturated rings. The Labute approximate surface area is 117 Å². The first-order chi connectivity index (χ1) is 9.68. The van der Waals surface area contributed by atoms with Crippen molar-refractivity contribution < 1.29 is 13.6 Å². The molecule has 0 spiro atoms. The van der Waals surface area contributed by atoms with Crippen molar-refractivity contribution in [3.63, 3.8) is 0 Å². The van der Waals surface area contributed by atoms with Gasteiger partial charge in [0.25, 0.3) is 0 Å². The van der Waals surface area contributed by atoms with Crippen LogP contribution in [0.2, 0.25) is 0 Å². The van der Waals surface area contributed by atoms with Crippen molar-refractivity contribution >= 4 is 5.78 Å². The highest BCUT2D eigenvalue weighted by molar-refractivity contribution is 6.11. The molecule has 0 aliphatic heterocycles. The van der Waals surface area contributed by atoms with Crippen LogP contribution in [0.15, 0.2) is 36.4 Å². The largest absolute Gasteiger partial charge is 0.289 e. The van der Waals surface area contributed by atoms with Gasteiger partial charge >= 0.3 is 0 Å². The van der Waals surface area contributed by atoms with Gasteiger partial charge in [0.2, 0.25) is 0 Å². The van der Waals surface area contributed by atoms with Gasteiger partial charge in [0.05, 0.1) is 0 Å². The Hall–Kier alpha value is -2.03. The summed E-state index contributed by atoms with van der Waals surface area (Å²) >= 11 is 0. The average molecular weight is 274 g/mol. The molecule has 3 rings (SSSR count). The highest BCUT2D eigenvalue weighted by Crippen LogP contribution is 2.27. The maximum atomic E-state index is 13.7. The molecule has 0 bridgehead atoms. The zero-order chi connectivity index (χ0) is 14.7. The maximum absolute atomic E-state index is 13.7. The summed E-state index contributed by atoms with van der Waals surface area (Å²) in [6, 6.07) is 8.88. The Kier molecular flexibility index (Phi) is 4.28. The van der Waals surface area contributed by atoms with E-state index < -0.39 is 11.6 Å². The van der Waals surface area contributed by atoms with Gasteiger partial charge in [-0.3, -0.25) is 4.79 Å². The zero-order valence-corrected chi connectivity index (χ0v) is 11.5. The van der Waals surface area contributed by atoms with Crippen molar-refractivity contribution in [2.45, 2.75) is 26.7 Å². The Morgan fingerprint density at radius 2 is 1.20 bits per heavy atom. The first kappa shape index (κ1) is 14.4. The molecule has 0 heterocycles. The van der Waals surface area contributed by atoms with Crippen molar-refractivity contribution in [2.75, 3.05) is 0 Å². The van der Waals surface area contributed by atoms with E-state index in [-0.39, 0.29) is 5.78 Å². The number of carbonyl (C=O) groups excluding carboxylic acids is 1. The van der Waals surface area contributed by atoms with Crippen LogP contribution in [0.1, 0.15) is 40.9 Å². The number of benzene rings is 2. The van der Waals surface area contributed by atoms with Crippen LogP contribution in [0.4, 0.5) is 8.78 Å². The molecule has 0 aromatic heterocycles. The number of hydrogen-bond donors (Lipinski definition) is 0. The lowest BCUT2D eigenvalue weighted by Gasteiger charge is -2.05. The van der Waals surface area contributed by atoms with E-state index in [1.807, 2.05) is 13.8 Å². The summed E-state index contributed by atoms with van der Waals surface area (Å²) in [6.07, 6.45) is 0.698. The molecular formula is C17H16F2O. The summed E-state index contributed by atoms with van der Waals surface area (Å²) in [5, 5.41) is 0. The van der Waals surface area contributed by atoms with E-state index in [1.54, 1.807) is 12.1 Å². The predicted molar refractivity (Wildman–Crippen MR) is 75.0 cm³/mol. The fourth-order valence-corrected chi connectivity index (χ4v) is 2.45. The van der Waals surface area contributed by atoms with Gasteiger partial charge in [-0.1, -0.05) is 38.1 Å². The quantitative estimate of drug-likeness (QED) is 0.699. The van der Waals surface area contributed by atoms with E-state index in [2.05, 4.69) is 0 Å². The molecule has 104 valence electrons. The standard InChI is InChI=1S/C15H10F2O.C2H6/c16-13-5-1-3-11-9(13)7-8-10-12(15(11)18)4-2-6-14(10)17;1-2/h1-6H,7-8H2;1-2H3. The van der Waals surface area contributed by atoms with Crippen LogP contribution < -0.4 is 0 Å². The molecule has 0 saturated carbocycles. The molecule has 0 radical (unpaired) electrons. The van der Waals surface area contributed by atoms with E-state index in [9.17, 15) is 13.6 Å². The van der Waals surface area contributed by atoms with Crippen molar-refractivity contribution in [1.82, 2.24) is 0 Å². The third kappa shape index (κ3) is 2.36. The SMILES string of the molecule is CC.O=C1c2cccc(F)c2CCc2c(F)cccc21. The van der Waals surface area contributed by atoms with Crippen molar-refractivity contribution in [2.24, 2.45) is 0 Å². The molecule has 2 aromatic carbocycles. The van der Waals surface area contributed by atoms with Gasteiger partial charge in [-0.15, -0.1) is 0 Å². The lowest BCUT2D eigenvalue weighted by molar-refractivity contribution is 0.103. The number of rotatable bonds is 0. The zero-order valence-electron chi connectivity index (χ0n) is 11.5. The van der Waals surface area contributed by atoms with Crippen LogP contribution in [0, 0.1) is 11.6 Å². The average Bonchev–Trinajstić information content (AvgIpc) is 2.62. The van der Waals surface area contributed by atoms with Crippen LogP contribution in [0.25, 0.3) is 0 Å². The second-order valence-electron chi connectivity index (χ2n) is 4.36. The van der Waals surface area contributed by atoms with Crippen molar-refractivity contribution in [3.8, 4) is 0 Å². The molecule has 0 atom stereocenters. The monoisotopic (exact) mass is 274 g/mol. The van der Waals surface area contributed by atoms with Gasteiger partial charge in [-0.05, 0) is 36.1 Å². The number of carbonyl (C=O) groups is 1. The first-order valence-electron chi connectivity index (χ1n) is 6.78. The summed E-state index contributed by atoms with van der Waals surface area (Å²) in [6.45, 7) is 4.00. The Bertz CT molecular complexity index is 592. The van der Waals surface area contributed by atoms with Crippen molar-refractivity contribution in [3.05, 3.63) is 70.3 Å².